The molecule has 0 bridgehead atoms. The fourth-order valence-electron chi connectivity index (χ4n) is 1.96. The Hall–Kier alpha value is -0.490. The second-order valence-corrected chi connectivity index (χ2v) is 7.31. The quantitative estimate of drug-likeness (QED) is 0.768. The minimum atomic E-state index is 0.716. The number of hydrogen-bond acceptors (Lipinski definition) is 4. The van der Waals surface area contributed by atoms with Gasteiger partial charge in [0.05, 0.1) is 0 Å². The van der Waals surface area contributed by atoms with Crippen molar-refractivity contribution < 1.29 is 0 Å². The summed E-state index contributed by atoms with van der Waals surface area (Å²) in [7, 11) is 0. The third-order valence-corrected chi connectivity index (χ3v) is 5.15. The van der Waals surface area contributed by atoms with E-state index >= 15 is 0 Å². The zero-order chi connectivity index (χ0) is 13.9. The molecule has 1 saturated carbocycles. The lowest BCUT2D eigenvalue weighted by Gasteiger charge is -2.00. The molecule has 3 rings (SSSR count). The number of benzene rings is 1. The summed E-state index contributed by atoms with van der Waals surface area (Å²) in [6.07, 6.45) is 4.77. The Morgan fingerprint density at radius 3 is 3.00 bits per heavy atom. The molecule has 0 unspecified atom stereocenters. The van der Waals surface area contributed by atoms with Crippen LogP contribution >= 0.6 is 38.9 Å². The van der Waals surface area contributed by atoms with E-state index in [9.17, 15) is 0 Å². The first-order valence-corrected chi connectivity index (χ1v) is 8.72. The maximum atomic E-state index is 6.04. The highest BCUT2D eigenvalue weighted by Crippen LogP contribution is 2.32. The molecule has 0 atom stereocenters. The molecule has 0 spiro atoms. The summed E-state index contributed by atoms with van der Waals surface area (Å²) in [6, 6.07) is 6.51. The highest BCUT2D eigenvalue weighted by atomic mass is 79.9. The van der Waals surface area contributed by atoms with Crippen molar-refractivity contribution in [2.24, 2.45) is 0 Å². The Bertz CT molecular complexity index is 598. The first kappa shape index (κ1) is 14.4. The van der Waals surface area contributed by atoms with Crippen LogP contribution in [-0.4, -0.2) is 22.8 Å². The van der Waals surface area contributed by atoms with Gasteiger partial charge in [0.2, 0.25) is 0 Å². The van der Waals surface area contributed by atoms with Crippen molar-refractivity contribution >= 4 is 38.9 Å². The lowest BCUT2D eigenvalue weighted by Crippen LogP contribution is -2.17. The van der Waals surface area contributed by atoms with Crippen LogP contribution in [0.25, 0.3) is 10.6 Å². The van der Waals surface area contributed by atoms with Gasteiger partial charge in [-0.2, -0.15) is 0 Å². The van der Waals surface area contributed by atoms with E-state index in [0.29, 0.717) is 5.02 Å². The largest absolute Gasteiger partial charge is 0.314 e. The highest BCUT2D eigenvalue weighted by Gasteiger charge is 2.19. The number of halogens is 2. The molecule has 0 saturated heterocycles. The van der Waals surface area contributed by atoms with E-state index in [1.54, 1.807) is 11.3 Å². The molecule has 1 aromatic carbocycles. The summed E-state index contributed by atoms with van der Waals surface area (Å²) in [5.74, 6) is 0. The Morgan fingerprint density at radius 2 is 2.20 bits per heavy atom. The molecular weight excluding hydrogens is 358 g/mol. The van der Waals surface area contributed by atoms with Crippen LogP contribution in [0, 0.1) is 0 Å². The van der Waals surface area contributed by atoms with Crippen molar-refractivity contribution in [3.63, 3.8) is 0 Å². The van der Waals surface area contributed by atoms with Crippen LogP contribution in [-0.2, 0) is 6.42 Å². The molecule has 0 amide bonds. The standard InChI is InChI=1S/C14H15BrClN3S/c15-12-6-3-9(16)8-11(12)14-19-18-13(20-14)2-1-7-17-10-4-5-10/h3,6,8,10,17H,1-2,4-5,7H2. The SMILES string of the molecule is Clc1ccc(Br)c(-c2nnc(CCCNC3CC3)s2)c1. The number of hydrogen-bond donors (Lipinski definition) is 1. The van der Waals surface area contributed by atoms with E-state index < -0.39 is 0 Å². The Balaban J connectivity index is 1.61. The van der Waals surface area contributed by atoms with Crippen molar-refractivity contribution in [3.8, 4) is 10.6 Å². The van der Waals surface area contributed by atoms with Crippen LogP contribution in [0.4, 0.5) is 0 Å². The molecule has 3 nitrogen and oxygen atoms in total. The van der Waals surface area contributed by atoms with Crippen molar-refractivity contribution in [3.05, 3.63) is 32.7 Å². The lowest BCUT2D eigenvalue weighted by molar-refractivity contribution is 0.643. The van der Waals surface area contributed by atoms with Crippen molar-refractivity contribution in [1.29, 1.82) is 0 Å². The van der Waals surface area contributed by atoms with E-state index in [2.05, 4.69) is 31.4 Å². The smallest absolute Gasteiger partial charge is 0.148 e. The predicted molar refractivity (Wildman–Crippen MR) is 87.4 cm³/mol. The predicted octanol–water partition coefficient (Wildman–Crippen LogP) is 4.31. The molecule has 6 heteroatoms. The zero-order valence-corrected chi connectivity index (χ0v) is 14.1. The maximum Gasteiger partial charge on any atom is 0.148 e. The van der Waals surface area contributed by atoms with Gasteiger partial charge in [-0.15, -0.1) is 10.2 Å². The molecule has 0 radical (unpaired) electrons. The first-order valence-electron chi connectivity index (χ1n) is 6.73. The minimum absolute atomic E-state index is 0.716. The van der Waals surface area contributed by atoms with E-state index in [-0.39, 0.29) is 0 Å². The number of rotatable bonds is 6. The number of aromatic nitrogens is 2. The molecule has 0 aliphatic heterocycles. The Morgan fingerprint density at radius 1 is 1.35 bits per heavy atom. The van der Waals surface area contributed by atoms with Gasteiger partial charge in [-0.25, -0.2) is 0 Å². The topological polar surface area (TPSA) is 37.8 Å². The molecule has 1 aliphatic rings. The van der Waals surface area contributed by atoms with Crippen LogP contribution < -0.4 is 5.32 Å². The fraction of sp³-hybridized carbons (Fsp3) is 0.429. The molecule has 1 aromatic heterocycles. The summed E-state index contributed by atoms with van der Waals surface area (Å²) in [4.78, 5) is 0. The van der Waals surface area contributed by atoms with Crippen LogP contribution in [0.2, 0.25) is 5.02 Å². The van der Waals surface area contributed by atoms with Crippen molar-refractivity contribution in [2.75, 3.05) is 6.54 Å². The van der Waals surface area contributed by atoms with E-state index in [0.717, 1.165) is 45.5 Å². The average Bonchev–Trinajstić information content (AvgIpc) is 3.15. The molecule has 2 aromatic rings. The van der Waals surface area contributed by atoms with Crippen LogP contribution in [0.5, 0.6) is 0 Å². The maximum absolute atomic E-state index is 6.04. The van der Waals surface area contributed by atoms with Gasteiger partial charge in [0.25, 0.3) is 0 Å². The van der Waals surface area contributed by atoms with Crippen LogP contribution in [0.15, 0.2) is 22.7 Å². The molecule has 1 heterocycles. The number of aryl methyl sites for hydroxylation is 1. The first-order chi connectivity index (χ1) is 9.72. The number of nitrogens with one attached hydrogen (secondary N) is 1. The number of nitrogens with zero attached hydrogens (tertiary/aromatic N) is 2. The molecule has 1 aliphatic carbocycles. The van der Waals surface area contributed by atoms with Gasteiger partial charge in [0.15, 0.2) is 0 Å². The van der Waals surface area contributed by atoms with E-state index in [1.807, 2.05) is 18.2 Å². The molecular formula is C14H15BrClN3S. The minimum Gasteiger partial charge on any atom is -0.314 e. The van der Waals surface area contributed by atoms with E-state index in [1.165, 1.54) is 12.8 Å². The zero-order valence-electron chi connectivity index (χ0n) is 10.9. The summed E-state index contributed by atoms with van der Waals surface area (Å²) in [6.45, 7) is 1.07. The van der Waals surface area contributed by atoms with Gasteiger partial charge >= 0.3 is 0 Å². The third-order valence-electron chi connectivity index (χ3n) is 3.20. The lowest BCUT2D eigenvalue weighted by atomic mass is 10.2. The van der Waals surface area contributed by atoms with Crippen molar-refractivity contribution in [2.45, 2.75) is 31.7 Å². The molecule has 20 heavy (non-hydrogen) atoms. The second-order valence-electron chi connectivity index (χ2n) is 4.96. The summed E-state index contributed by atoms with van der Waals surface area (Å²) in [5.41, 5.74) is 1.01. The normalized spacial score (nSPS) is 14.7. The third kappa shape index (κ3) is 3.79. The fourth-order valence-corrected chi connectivity index (χ4v) is 3.61. The summed E-state index contributed by atoms with van der Waals surface area (Å²) < 4.78 is 1.00. The van der Waals surface area contributed by atoms with Crippen LogP contribution in [0.1, 0.15) is 24.3 Å². The van der Waals surface area contributed by atoms with Crippen molar-refractivity contribution in [1.82, 2.24) is 15.5 Å². The van der Waals surface area contributed by atoms with Gasteiger partial charge in [0.1, 0.15) is 10.0 Å². The van der Waals surface area contributed by atoms with Crippen LogP contribution in [0.3, 0.4) is 0 Å². The van der Waals surface area contributed by atoms with Gasteiger partial charge in [-0.3, -0.25) is 0 Å². The molecule has 1 fully saturated rings. The molecule has 106 valence electrons. The molecule has 1 N–H and O–H groups in total. The van der Waals surface area contributed by atoms with Gasteiger partial charge in [-0.1, -0.05) is 38.9 Å². The van der Waals surface area contributed by atoms with Gasteiger partial charge in [-0.05, 0) is 44.0 Å². The van der Waals surface area contributed by atoms with Gasteiger partial charge in [0, 0.05) is 27.5 Å². The second kappa shape index (κ2) is 6.52. The Kier molecular flexibility index (Phi) is 4.71. The van der Waals surface area contributed by atoms with Gasteiger partial charge < -0.3 is 5.32 Å². The summed E-state index contributed by atoms with van der Waals surface area (Å²) in [5, 5.41) is 14.8. The van der Waals surface area contributed by atoms with E-state index in [4.69, 9.17) is 11.6 Å². The average molecular weight is 373 g/mol. The highest BCUT2D eigenvalue weighted by molar-refractivity contribution is 9.10. The Labute approximate surface area is 135 Å². The summed E-state index contributed by atoms with van der Waals surface area (Å²) >= 11 is 11.2. The monoisotopic (exact) mass is 371 g/mol.